The lowest BCUT2D eigenvalue weighted by Gasteiger charge is -2.17. The summed E-state index contributed by atoms with van der Waals surface area (Å²) in [5.74, 6) is 1.00. The number of methoxy groups -OCH3 is 1. The van der Waals surface area contributed by atoms with Crippen LogP contribution in [0.3, 0.4) is 0 Å². The standard InChI is InChI=1S/C26H28N6O3/c1-16-20(17-11-12-32-23(13-17)30-26(27)31-32)14-21(25(29-16)34-2)24(33)28-15-18-7-3-6-10-22(18)35-19-8-4-5-9-19/h3,6-7,10-14,19H,4-5,8-9,15H2,1-2H3,(H2,27,31)(H,28,33). The highest BCUT2D eigenvalue weighted by atomic mass is 16.5. The molecule has 9 nitrogen and oxygen atoms in total. The van der Waals surface area contributed by atoms with E-state index in [1.807, 2.05) is 43.3 Å². The maximum absolute atomic E-state index is 13.2. The third kappa shape index (κ3) is 4.75. The number of aromatic nitrogens is 4. The number of nitrogens with two attached hydrogens (primary N) is 1. The first kappa shape index (κ1) is 22.6. The monoisotopic (exact) mass is 472 g/mol. The molecule has 0 unspecified atom stereocenters. The second-order valence-corrected chi connectivity index (χ2v) is 8.68. The molecule has 1 aromatic carbocycles. The number of fused-ring (bicyclic) bond motifs is 1. The van der Waals surface area contributed by atoms with E-state index in [2.05, 4.69) is 20.4 Å². The van der Waals surface area contributed by atoms with Gasteiger partial charge < -0.3 is 20.5 Å². The molecule has 1 aliphatic carbocycles. The molecule has 0 spiro atoms. The Kier molecular flexibility index (Phi) is 6.22. The SMILES string of the molecule is COc1nc(C)c(-c2ccn3nc(N)nc3c2)cc1C(=O)NCc1ccccc1OC1CCCC1. The van der Waals surface area contributed by atoms with Crippen molar-refractivity contribution < 1.29 is 14.3 Å². The summed E-state index contributed by atoms with van der Waals surface area (Å²) in [4.78, 5) is 22.0. The van der Waals surface area contributed by atoms with E-state index in [-0.39, 0.29) is 23.8 Å². The van der Waals surface area contributed by atoms with Gasteiger partial charge in [0.25, 0.3) is 5.91 Å². The molecule has 35 heavy (non-hydrogen) atoms. The van der Waals surface area contributed by atoms with Crippen LogP contribution in [0.4, 0.5) is 5.95 Å². The van der Waals surface area contributed by atoms with E-state index in [0.717, 1.165) is 41.0 Å². The van der Waals surface area contributed by atoms with Crippen molar-refractivity contribution in [3.63, 3.8) is 0 Å². The molecule has 9 heteroatoms. The van der Waals surface area contributed by atoms with Crippen molar-refractivity contribution in [1.82, 2.24) is 24.9 Å². The predicted molar refractivity (Wildman–Crippen MR) is 132 cm³/mol. The van der Waals surface area contributed by atoms with Gasteiger partial charge in [-0.15, -0.1) is 5.10 Å². The molecule has 0 atom stereocenters. The third-order valence-corrected chi connectivity index (χ3v) is 6.29. The molecule has 0 bridgehead atoms. The fourth-order valence-electron chi connectivity index (χ4n) is 4.48. The molecular weight excluding hydrogens is 444 g/mol. The third-order valence-electron chi connectivity index (χ3n) is 6.29. The van der Waals surface area contributed by atoms with Crippen LogP contribution in [0.2, 0.25) is 0 Å². The number of benzene rings is 1. The van der Waals surface area contributed by atoms with Gasteiger partial charge in [-0.3, -0.25) is 4.79 Å². The Balaban J connectivity index is 1.39. The van der Waals surface area contributed by atoms with Crippen LogP contribution in [0, 0.1) is 6.92 Å². The van der Waals surface area contributed by atoms with Crippen molar-refractivity contribution in [3.8, 4) is 22.8 Å². The Morgan fingerprint density at radius 3 is 2.77 bits per heavy atom. The lowest BCUT2D eigenvalue weighted by Crippen LogP contribution is -2.24. The number of hydrogen-bond acceptors (Lipinski definition) is 7. The fraction of sp³-hybridized carbons (Fsp3) is 0.308. The molecule has 1 amide bonds. The molecule has 0 radical (unpaired) electrons. The van der Waals surface area contributed by atoms with Gasteiger partial charge in [-0.25, -0.2) is 9.50 Å². The minimum atomic E-state index is -0.279. The Bertz CT molecular complexity index is 1380. The normalized spacial score (nSPS) is 13.8. The summed E-state index contributed by atoms with van der Waals surface area (Å²) in [7, 11) is 1.51. The number of carbonyl (C=O) groups is 1. The molecule has 3 aromatic heterocycles. The van der Waals surface area contributed by atoms with E-state index in [1.165, 1.54) is 20.0 Å². The highest BCUT2D eigenvalue weighted by Crippen LogP contribution is 2.30. The van der Waals surface area contributed by atoms with Crippen molar-refractivity contribution in [2.45, 2.75) is 45.3 Å². The average Bonchev–Trinajstić information content (AvgIpc) is 3.51. The van der Waals surface area contributed by atoms with E-state index >= 15 is 0 Å². The zero-order chi connectivity index (χ0) is 24.4. The van der Waals surface area contributed by atoms with E-state index in [4.69, 9.17) is 15.2 Å². The molecule has 180 valence electrons. The van der Waals surface area contributed by atoms with Crippen molar-refractivity contribution in [1.29, 1.82) is 0 Å². The van der Waals surface area contributed by atoms with E-state index in [1.54, 1.807) is 16.8 Å². The molecular formula is C26H28N6O3. The molecule has 3 heterocycles. The number of pyridine rings is 2. The highest BCUT2D eigenvalue weighted by Gasteiger charge is 2.20. The van der Waals surface area contributed by atoms with Crippen molar-refractivity contribution in [2.75, 3.05) is 12.8 Å². The Hall–Kier alpha value is -4.14. The van der Waals surface area contributed by atoms with Gasteiger partial charge in [-0.1, -0.05) is 18.2 Å². The largest absolute Gasteiger partial charge is 0.490 e. The minimum Gasteiger partial charge on any atom is -0.490 e. The molecule has 1 saturated carbocycles. The predicted octanol–water partition coefficient (Wildman–Crippen LogP) is 3.94. The summed E-state index contributed by atoms with van der Waals surface area (Å²) in [6.45, 7) is 2.21. The van der Waals surface area contributed by atoms with E-state index < -0.39 is 0 Å². The Morgan fingerprint density at radius 1 is 1.17 bits per heavy atom. The maximum atomic E-state index is 13.2. The van der Waals surface area contributed by atoms with E-state index in [9.17, 15) is 4.79 Å². The van der Waals surface area contributed by atoms with Crippen LogP contribution < -0.4 is 20.5 Å². The van der Waals surface area contributed by atoms with Crippen molar-refractivity contribution >= 4 is 17.5 Å². The number of nitrogen functional groups attached to an aromatic ring is 1. The first-order valence-electron chi connectivity index (χ1n) is 11.7. The van der Waals surface area contributed by atoms with Crippen molar-refractivity contribution in [3.05, 3.63) is 65.5 Å². The highest BCUT2D eigenvalue weighted by molar-refractivity contribution is 5.97. The van der Waals surface area contributed by atoms with Crippen LogP contribution in [-0.2, 0) is 6.54 Å². The van der Waals surface area contributed by atoms with Gasteiger partial charge in [0.15, 0.2) is 5.65 Å². The zero-order valence-electron chi connectivity index (χ0n) is 19.8. The molecule has 3 N–H and O–H groups in total. The number of para-hydroxylation sites is 1. The van der Waals surface area contributed by atoms with Crippen LogP contribution in [0.1, 0.15) is 47.3 Å². The summed E-state index contributed by atoms with van der Waals surface area (Å²) in [5.41, 5.74) is 9.98. The van der Waals surface area contributed by atoms with Crippen LogP contribution in [-0.4, -0.2) is 38.7 Å². The topological polar surface area (TPSA) is 117 Å². The van der Waals surface area contributed by atoms with Gasteiger partial charge in [-0.2, -0.15) is 4.98 Å². The first-order chi connectivity index (χ1) is 17.0. The Morgan fingerprint density at radius 2 is 1.97 bits per heavy atom. The van der Waals surface area contributed by atoms with Gasteiger partial charge in [-0.05, 0) is 62.4 Å². The quantitative estimate of drug-likeness (QED) is 0.418. The van der Waals surface area contributed by atoms with Gasteiger partial charge in [0, 0.05) is 29.6 Å². The zero-order valence-corrected chi connectivity index (χ0v) is 19.8. The maximum Gasteiger partial charge on any atom is 0.257 e. The molecule has 1 aliphatic rings. The van der Waals surface area contributed by atoms with Crippen LogP contribution in [0.15, 0.2) is 48.7 Å². The Labute approximate surface area is 203 Å². The smallest absolute Gasteiger partial charge is 0.257 e. The number of hydrogen-bond donors (Lipinski definition) is 2. The second kappa shape index (κ2) is 9.61. The molecule has 1 fully saturated rings. The first-order valence-corrected chi connectivity index (χ1v) is 11.7. The number of rotatable bonds is 7. The number of amides is 1. The lowest BCUT2D eigenvalue weighted by molar-refractivity contribution is 0.0946. The molecule has 5 rings (SSSR count). The van der Waals surface area contributed by atoms with Gasteiger partial charge in [0.05, 0.1) is 13.2 Å². The number of nitrogens with one attached hydrogen (secondary N) is 1. The lowest BCUT2D eigenvalue weighted by atomic mass is 10.0. The number of anilines is 1. The summed E-state index contributed by atoms with van der Waals surface area (Å²) in [5, 5.41) is 7.11. The van der Waals surface area contributed by atoms with E-state index in [0.29, 0.717) is 17.8 Å². The number of ether oxygens (including phenoxy) is 2. The van der Waals surface area contributed by atoms with Crippen LogP contribution >= 0.6 is 0 Å². The molecule has 4 aromatic rings. The summed E-state index contributed by atoms with van der Waals surface area (Å²) >= 11 is 0. The van der Waals surface area contributed by atoms with Crippen molar-refractivity contribution in [2.24, 2.45) is 0 Å². The number of carbonyl (C=O) groups excluding carboxylic acids is 1. The van der Waals surface area contributed by atoms with Gasteiger partial charge >= 0.3 is 0 Å². The summed E-state index contributed by atoms with van der Waals surface area (Å²) < 4.78 is 13.2. The minimum absolute atomic E-state index is 0.198. The van der Waals surface area contributed by atoms with Crippen LogP contribution in [0.5, 0.6) is 11.6 Å². The van der Waals surface area contributed by atoms with Gasteiger partial charge in [0.1, 0.15) is 11.3 Å². The fourth-order valence-corrected chi connectivity index (χ4v) is 4.48. The average molecular weight is 473 g/mol. The van der Waals surface area contributed by atoms with Crippen LogP contribution in [0.25, 0.3) is 16.8 Å². The number of nitrogens with zero attached hydrogens (tertiary/aromatic N) is 4. The number of aryl methyl sites for hydroxylation is 1. The summed E-state index contributed by atoms with van der Waals surface area (Å²) in [6, 6.07) is 13.4. The second-order valence-electron chi connectivity index (χ2n) is 8.68. The molecule has 0 saturated heterocycles. The van der Waals surface area contributed by atoms with Gasteiger partial charge in [0.2, 0.25) is 11.8 Å². The molecule has 0 aliphatic heterocycles. The summed E-state index contributed by atoms with van der Waals surface area (Å²) in [6.07, 6.45) is 6.56.